The minimum absolute atomic E-state index is 0.0589. The molecule has 0 aliphatic heterocycles. The molecule has 178 valence electrons. The number of carbonyl (C=O) groups is 2. The van der Waals surface area contributed by atoms with Gasteiger partial charge in [-0.05, 0) is 45.9 Å². The summed E-state index contributed by atoms with van der Waals surface area (Å²) in [5.74, 6) is 0.118. The molecule has 6 nitrogen and oxygen atoms in total. The van der Waals surface area contributed by atoms with E-state index in [0.29, 0.717) is 50.4 Å². The van der Waals surface area contributed by atoms with Gasteiger partial charge in [-0.2, -0.15) is 9.13 Å². The van der Waals surface area contributed by atoms with Crippen LogP contribution in [0.3, 0.4) is 0 Å². The van der Waals surface area contributed by atoms with Gasteiger partial charge in [-0.15, -0.1) is 0 Å². The first-order chi connectivity index (χ1) is 16.5. The van der Waals surface area contributed by atoms with Crippen LogP contribution in [0.25, 0.3) is 0 Å². The lowest BCUT2D eigenvalue weighted by Crippen LogP contribution is -2.38. The van der Waals surface area contributed by atoms with Crippen molar-refractivity contribution >= 4 is 11.8 Å². The van der Waals surface area contributed by atoms with E-state index >= 15 is 0 Å². The van der Waals surface area contributed by atoms with Crippen molar-refractivity contribution < 1.29 is 18.7 Å². The van der Waals surface area contributed by atoms with Crippen molar-refractivity contribution in [1.29, 1.82) is 0 Å². The summed E-state index contributed by atoms with van der Waals surface area (Å²) in [7, 11) is 0. The number of nitrogens with zero attached hydrogens (tertiary/aromatic N) is 4. The molecule has 0 radical (unpaired) electrons. The molecule has 1 aromatic carbocycles. The van der Waals surface area contributed by atoms with Crippen LogP contribution < -0.4 is 9.13 Å². The summed E-state index contributed by atoms with van der Waals surface area (Å²) >= 11 is 0. The smallest absolute Gasteiger partial charge is 0.259 e. The van der Waals surface area contributed by atoms with Crippen molar-refractivity contribution in [2.45, 2.75) is 40.8 Å². The summed E-state index contributed by atoms with van der Waals surface area (Å²) in [6.07, 6.45) is 7.82. The number of hydrogen-bond donors (Lipinski definition) is 0. The number of benzene rings is 1. The molecule has 0 N–H and O–H groups in total. The Hall–Kier alpha value is -3.54. The third-order valence-corrected chi connectivity index (χ3v) is 6.03. The van der Waals surface area contributed by atoms with Crippen LogP contribution in [0.4, 0.5) is 0 Å². The Morgan fingerprint density at radius 2 is 1.06 bits per heavy atom. The molecule has 0 aliphatic rings. The van der Waals surface area contributed by atoms with Gasteiger partial charge in [0.2, 0.25) is 0 Å². The van der Waals surface area contributed by atoms with Crippen LogP contribution in [-0.4, -0.2) is 47.8 Å². The molecule has 2 heterocycles. The number of carbonyl (C=O) groups excluding carboxylic acids is 2. The highest BCUT2D eigenvalue weighted by Gasteiger charge is 2.17. The van der Waals surface area contributed by atoms with E-state index in [0.717, 1.165) is 11.1 Å². The Morgan fingerprint density at radius 3 is 1.44 bits per heavy atom. The summed E-state index contributed by atoms with van der Waals surface area (Å²) < 4.78 is 4.10. The van der Waals surface area contributed by atoms with Gasteiger partial charge in [0.1, 0.15) is 11.1 Å². The Morgan fingerprint density at radius 1 is 0.647 bits per heavy atom. The lowest BCUT2D eigenvalue weighted by atomic mass is 10.1. The van der Waals surface area contributed by atoms with Gasteiger partial charge >= 0.3 is 0 Å². The fraction of sp³-hybridized carbons (Fsp3) is 0.357. The third kappa shape index (κ3) is 6.28. The molecule has 0 fully saturated rings. The first-order valence-corrected chi connectivity index (χ1v) is 12.1. The van der Waals surface area contributed by atoms with Crippen LogP contribution >= 0.6 is 0 Å². The van der Waals surface area contributed by atoms with Crippen LogP contribution in [-0.2, 0) is 13.1 Å². The fourth-order valence-corrected chi connectivity index (χ4v) is 4.13. The molecule has 0 saturated carbocycles. The fourth-order valence-electron chi connectivity index (χ4n) is 4.13. The number of aromatic nitrogens is 2. The predicted octanol–water partition coefficient (Wildman–Crippen LogP) is 3.32. The van der Waals surface area contributed by atoms with Crippen LogP contribution in [0.15, 0.2) is 73.3 Å². The second kappa shape index (κ2) is 12.1. The standard InChI is InChI=1S/C28H36N4O2/c1-5-31(6-2)27(33)25-14-10-16-29(21-25)19-23-12-9-13-24(18-23)20-30-17-11-15-26(22-30)28(34)32(7-3)8-4/h9-18,21-22H,5-8,19-20H2,1-4H3/q+2. The summed E-state index contributed by atoms with van der Waals surface area (Å²) in [6.45, 7) is 12.1. The highest BCUT2D eigenvalue weighted by Crippen LogP contribution is 2.08. The molecule has 0 unspecified atom stereocenters. The summed E-state index contributed by atoms with van der Waals surface area (Å²) in [4.78, 5) is 29.1. The zero-order chi connectivity index (χ0) is 24.5. The van der Waals surface area contributed by atoms with Crippen molar-refractivity contribution in [2.24, 2.45) is 0 Å². The first-order valence-electron chi connectivity index (χ1n) is 12.1. The predicted molar refractivity (Wildman–Crippen MR) is 132 cm³/mol. The first kappa shape index (κ1) is 25.1. The van der Waals surface area contributed by atoms with Crippen molar-refractivity contribution in [2.75, 3.05) is 26.2 Å². The molecule has 3 aromatic rings. The summed E-state index contributed by atoms with van der Waals surface area (Å²) in [5, 5.41) is 0. The normalized spacial score (nSPS) is 10.7. The molecule has 34 heavy (non-hydrogen) atoms. The number of pyridine rings is 2. The van der Waals surface area contributed by atoms with Crippen molar-refractivity contribution in [3.63, 3.8) is 0 Å². The van der Waals surface area contributed by atoms with E-state index in [9.17, 15) is 9.59 Å². The molecular weight excluding hydrogens is 424 g/mol. The molecule has 6 heteroatoms. The van der Waals surface area contributed by atoms with Crippen molar-refractivity contribution in [1.82, 2.24) is 9.80 Å². The van der Waals surface area contributed by atoms with Crippen LogP contribution in [0.1, 0.15) is 59.5 Å². The van der Waals surface area contributed by atoms with E-state index in [2.05, 4.69) is 24.3 Å². The van der Waals surface area contributed by atoms with Crippen molar-refractivity contribution in [3.8, 4) is 0 Å². The molecular formula is C28H36N4O2+2. The van der Waals surface area contributed by atoms with Gasteiger partial charge in [0.25, 0.3) is 11.8 Å². The van der Waals surface area contributed by atoms with E-state index in [4.69, 9.17) is 0 Å². The van der Waals surface area contributed by atoms with Gasteiger partial charge in [0, 0.05) is 49.4 Å². The number of rotatable bonds is 10. The number of amides is 2. The average molecular weight is 461 g/mol. The van der Waals surface area contributed by atoms with Gasteiger partial charge in [-0.1, -0.05) is 18.2 Å². The quantitative estimate of drug-likeness (QED) is 0.436. The van der Waals surface area contributed by atoms with Gasteiger partial charge in [0.15, 0.2) is 37.9 Å². The highest BCUT2D eigenvalue weighted by molar-refractivity contribution is 5.94. The highest BCUT2D eigenvalue weighted by atomic mass is 16.2. The lowest BCUT2D eigenvalue weighted by Gasteiger charge is -2.17. The van der Waals surface area contributed by atoms with E-state index in [1.54, 1.807) is 0 Å². The summed E-state index contributed by atoms with van der Waals surface area (Å²) in [6, 6.07) is 16.0. The molecule has 0 spiro atoms. The second-order valence-corrected chi connectivity index (χ2v) is 8.30. The third-order valence-electron chi connectivity index (χ3n) is 6.03. The molecule has 2 amide bonds. The Bertz CT molecular complexity index is 1040. The molecule has 0 aliphatic carbocycles. The van der Waals surface area contributed by atoms with Gasteiger partial charge < -0.3 is 9.80 Å². The Labute approximate surface area is 203 Å². The minimum atomic E-state index is 0.0589. The van der Waals surface area contributed by atoms with Gasteiger partial charge in [-0.25, -0.2) is 0 Å². The van der Waals surface area contributed by atoms with Gasteiger partial charge in [0.05, 0.1) is 0 Å². The molecule has 0 atom stereocenters. The van der Waals surface area contributed by atoms with Crippen LogP contribution in [0, 0.1) is 0 Å². The maximum Gasteiger partial charge on any atom is 0.259 e. The lowest BCUT2D eigenvalue weighted by molar-refractivity contribution is -0.689. The Balaban J connectivity index is 1.74. The molecule has 0 bridgehead atoms. The minimum Gasteiger partial charge on any atom is -0.339 e. The van der Waals surface area contributed by atoms with E-state index in [1.165, 1.54) is 0 Å². The monoisotopic (exact) mass is 460 g/mol. The zero-order valence-electron chi connectivity index (χ0n) is 20.8. The maximum absolute atomic E-state index is 12.7. The van der Waals surface area contributed by atoms with Gasteiger partial charge in [-0.3, -0.25) is 9.59 Å². The molecule has 3 rings (SSSR count). The van der Waals surface area contributed by atoms with Crippen LogP contribution in [0.5, 0.6) is 0 Å². The second-order valence-electron chi connectivity index (χ2n) is 8.30. The van der Waals surface area contributed by atoms with Crippen molar-refractivity contribution in [3.05, 3.63) is 95.6 Å². The zero-order valence-corrected chi connectivity index (χ0v) is 20.8. The summed E-state index contributed by atoms with van der Waals surface area (Å²) in [5.41, 5.74) is 3.72. The SMILES string of the molecule is CCN(CC)C(=O)c1ccc[n+](Cc2cccc(C[n+]3cccc(C(=O)N(CC)CC)c3)c2)c1. The largest absolute Gasteiger partial charge is 0.339 e. The number of hydrogen-bond acceptors (Lipinski definition) is 2. The Kier molecular flexibility index (Phi) is 8.91. The van der Waals surface area contributed by atoms with Crippen LogP contribution in [0.2, 0.25) is 0 Å². The van der Waals surface area contributed by atoms with E-state index in [1.807, 2.05) is 95.7 Å². The maximum atomic E-state index is 12.7. The topological polar surface area (TPSA) is 48.4 Å². The van der Waals surface area contributed by atoms with E-state index < -0.39 is 0 Å². The van der Waals surface area contributed by atoms with E-state index in [-0.39, 0.29) is 11.8 Å². The molecule has 0 saturated heterocycles. The average Bonchev–Trinajstić information content (AvgIpc) is 2.86. The molecule has 2 aromatic heterocycles.